The number of hydrogen-bond acceptors (Lipinski definition) is 4. The van der Waals surface area contributed by atoms with E-state index in [1.165, 1.54) is 15.6 Å². The van der Waals surface area contributed by atoms with Crippen LogP contribution >= 0.6 is 23.1 Å². The van der Waals surface area contributed by atoms with E-state index in [2.05, 4.69) is 39.9 Å². The minimum Gasteiger partial charge on any atom is -0.343 e. The van der Waals surface area contributed by atoms with Gasteiger partial charge in [-0.3, -0.25) is 4.79 Å². The summed E-state index contributed by atoms with van der Waals surface area (Å²) in [6, 6.07) is 14.1. The normalized spacial score (nSPS) is 11.2. The van der Waals surface area contributed by atoms with E-state index in [1.54, 1.807) is 35.4 Å². The Bertz CT molecular complexity index is 1060. The third kappa shape index (κ3) is 3.15. The lowest BCUT2D eigenvalue weighted by molar-refractivity contribution is 0.877. The van der Waals surface area contributed by atoms with Crippen molar-refractivity contribution in [3.8, 4) is 21.6 Å². The Hall–Kier alpha value is -2.31. The predicted molar refractivity (Wildman–Crippen MR) is 107 cm³/mol. The summed E-state index contributed by atoms with van der Waals surface area (Å²) in [7, 11) is 0. The highest BCUT2D eigenvalue weighted by atomic mass is 32.2. The zero-order valence-electron chi connectivity index (χ0n) is 13.7. The number of benzene rings is 1. The smallest absolute Gasteiger partial charge is 0.274 e. The van der Waals surface area contributed by atoms with Crippen molar-refractivity contribution in [2.45, 2.75) is 6.42 Å². The molecular weight excluding hydrogens is 350 g/mol. The van der Waals surface area contributed by atoms with E-state index in [0.29, 0.717) is 0 Å². The zero-order chi connectivity index (χ0) is 17.2. The van der Waals surface area contributed by atoms with E-state index in [0.717, 1.165) is 34.0 Å². The molecule has 126 valence electrons. The fourth-order valence-corrected chi connectivity index (χ4v) is 4.17. The predicted octanol–water partition coefficient (Wildman–Crippen LogP) is 4.32. The maximum absolute atomic E-state index is 12.3. The molecule has 0 aliphatic heterocycles. The van der Waals surface area contributed by atoms with Crippen LogP contribution < -0.4 is 5.56 Å². The Morgan fingerprint density at radius 3 is 2.84 bits per heavy atom. The van der Waals surface area contributed by atoms with Gasteiger partial charge in [-0.25, -0.2) is 0 Å². The van der Waals surface area contributed by atoms with Crippen LogP contribution in [0.1, 0.15) is 5.69 Å². The van der Waals surface area contributed by atoms with Crippen molar-refractivity contribution in [1.29, 1.82) is 0 Å². The van der Waals surface area contributed by atoms with Gasteiger partial charge in [-0.05, 0) is 41.0 Å². The quantitative estimate of drug-likeness (QED) is 0.571. The lowest BCUT2D eigenvalue weighted by Crippen LogP contribution is -2.15. The number of H-pyrrole nitrogens is 1. The minimum absolute atomic E-state index is 0.0871. The van der Waals surface area contributed by atoms with Crippen molar-refractivity contribution >= 4 is 28.7 Å². The van der Waals surface area contributed by atoms with Crippen LogP contribution in [0.2, 0.25) is 0 Å². The summed E-state index contributed by atoms with van der Waals surface area (Å²) >= 11 is 3.44. The molecule has 0 fully saturated rings. The van der Waals surface area contributed by atoms with Crippen molar-refractivity contribution in [3.63, 3.8) is 0 Å². The van der Waals surface area contributed by atoms with Crippen LogP contribution in [0.15, 0.2) is 58.8 Å². The Kier molecular flexibility index (Phi) is 4.46. The zero-order valence-corrected chi connectivity index (χ0v) is 15.4. The topological polar surface area (TPSA) is 50.2 Å². The molecule has 0 spiro atoms. The van der Waals surface area contributed by atoms with Gasteiger partial charge in [-0.15, -0.1) is 11.3 Å². The molecule has 3 aromatic heterocycles. The van der Waals surface area contributed by atoms with Crippen LogP contribution in [-0.4, -0.2) is 26.6 Å². The lowest BCUT2D eigenvalue weighted by Gasteiger charge is -2.02. The van der Waals surface area contributed by atoms with Crippen LogP contribution in [0.25, 0.3) is 27.2 Å². The molecule has 0 aliphatic carbocycles. The molecule has 25 heavy (non-hydrogen) atoms. The SMILES string of the molecule is CSCCc1cc(=O)n2ncc(-c3cc(-c4ccccc4)cs3)c2[nH]1. The van der Waals surface area contributed by atoms with Gasteiger partial charge in [0.1, 0.15) is 5.65 Å². The molecule has 0 unspecified atom stereocenters. The summed E-state index contributed by atoms with van der Waals surface area (Å²) in [5.41, 5.74) is 4.97. The molecule has 3 heterocycles. The summed E-state index contributed by atoms with van der Waals surface area (Å²) in [5.74, 6) is 0.979. The van der Waals surface area contributed by atoms with Crippen LogP contribution in [-0.2, 0) is 6.42 Å². The summed E-state index contributed by atoms with van der Waals surface area (Å²) < 4.78 is 1.44. The van der Waals surface area contributed by atoms with Crippen LogP contribution in [0.5, 0.6) is 0 Å². The summed E-state index contributed by atoms with van der Waals surface area (Å²) in [6.45, 7) is 0. The molecule has 4 nitrogen and oxygen atoms in total. The molecule has 0 saturated heterocycles. The highest BCUT2D eigenvalue weighted by Gasteiger charge is 2.13. The first-order valence-electron chi connectivity index (χ1n) is 7.99. The average molecular weight is 367 g/mol. The highest BCUT2D eigenvalue weighted by Crippen LogP contribution is 2.33. The number of nitrogens with zero attached hydrogens (tertiary/aromatic N) is 2. The van der Waals surface area contributed by atoms with Crippen molar-refractivity contribution in [2.24, 2.45) is 0 Å². The fraction of sp³-hybridized carbons (Fsp3) is 0.158. The number of aromatic amines is 1. The molecule has 0 bridgehead atoms. The first-order chi connectivity index (χ1) is 12.3. The van der Waals surface area contributed by atoms with Gasteiger partial charge in [0.25, 0.3) is 5.56 Å². The number of aromatic nitrogens is 3. The second-order valence-corrected chi connectivity index (χ2v) is 7.66. The molecule has 0 aliphatic rings. The number of thioether (sulfide) groups is 1. The van der Waals surface area contributed by atoms with Gasteiger partial charge >= 0.3 is 0 Å². The number of rotatable bonds is 5. The lowest BCUT2D eigenvalue weighted by atomic mass is 10.1. The summed E-state index contributed by atoms with van der Waals surface area (Å²) in [4.78, 5) is 16.8. The fourth-order valence-electron chi connectivity index (χ4n) is 2.82. The van der Waals surface area contributed by atoms with Gasteiger partial charge in [0.15, 0.2) is 0 Å². The molecule has 4 aromatic rings. The van der Waals surface area contributed by atoms with E-state index >= 15 is 0 Å². The molecule has 0 radical (unpaired) electrons. The highest BCUT2D eigenvalue weighted by molar-refractivity contribution is 7.98. The van der Waals surface area contributed by atoms with E-state index in [1.807, 2.05) is 18.2 Å². The van der Waals surface area contributed by atoms with Crippen molar-refractivity contribution in [3.05, 3.63) is 70.1 Å². The van der Waals surface area contributed by atoms with E-state index in [4.69, 9.17) is 0 Å². The number of hydrogen-bond donors (Lipinski definition) is 1. The third-order valence-electron chi connectivity index (χ3n) is 4.10. The van der Waals surface area contributed by atoms with Gasteiger partial charge in [-0.2, -0.15) is 21.4 Å². The molecule has 0 atom stereocenters. The summed E-state index contributed by atoms with van der Waals surface area (Å²) in [5, 5.41) is 6.42. The summed E-state index contributed by atoms with van der Waals surface area (Å²) in [6.07, 6.45) is 4.68. The first kappa shape index (κ1) is 16.2. The molecule has 1 N–H and O–H groups in total. The van der Waals surface area contributed by atoms with E-state index in [9.17, 15) is 4.79 Å². The van der Waals surface area contributed by atoms with Gasteiger partial charge in [0, 0.05) is 16.6 Å². The third-order valence-corrected chi connectivity index (χ3v) is 5.68. The molecule has 0 saturated carbocycles. The molecule has 0 amide bonds. The molecule has 1 aromatic carbocycles. The van der Waals surface area contributed by atoms with Crippen molar-refractivity contribution in [1.82, 2.24) is 14.6 Å². The molecule has 6 heteroatoms. The maximum Gasteiger partial charge on any atom is 0.274 e. The Labute approximate surface area is 153 Å². The Morgan fingerprint density at radius 2 is 2.04 bits per heavy atom. The second kappa shape index (κ2) is 6.90. The van der Waals surface area contributed by atoms with Crippen molar-refractivity contribution in [2.75, 3.05) is 12.0 Å². The molecular formula is C19H17N3OS2. The standard InChI is InChI=1S/C19H17N3OS2/c1-24-8-7-15-10-18(23)22-19(21-15)16(11-20-22)17-9-14(12-25-17)13-5-3-2-4-6-13/h2-6,9-12,21H,7-8H2,1H3. The number of thiophene rings is 1. The maximum atomic E-state index is 12.3. The van der Waals surface area contributed by atoms with Gasteiger partial charge in [-0.1, -0.05) is 30.3 Å². The second-order valence-electron chi connectivity index (χ2n) is 5.76. The Morgan fingerprint density at radius 1 is 1.20 bits per heavy atom. The first-order valence-corrected chi connectivity index (χ1v) is 10.3. The van der Waals surface area contributed by atoms with Crippen LogP contribution in [0.3, 0.4) is 0 Å². The largest absolute Gasteiger partial charge is 0.343 e. The van der Waals surface area contributed by atoms with Gasteiger partial charge in [0.2, 0.25) is 0 Å². The van der Waals surface area contributed by atoms with E-state index < -0.39 is 0 Å². The number of fused-ring (bicyclic) bond motifs is 1. The monoisotopic (exact) mass is 367 g/mol. The average Bonchev–Trinajstić information content (AvgIpc) is 3.27. The van der Waals surface area contributed by atoms with Gasteiger partial charge < -0.3 is 4.98 Å². The van der Waals surface area contributed by atoms with E-state index in [-0.39, 0.29) is 5.56 Å². The van der Waals surface area contributed by atoms with Crippen LogP contribution in [0.4, 0.5) is 0 Å². The van der Waals surface area contributed by atoms with Gasteiger partial charge in [0.05, 0.1) is 11.8 Å². The Balaban J connectivity index is 1.78. The van der Waals surface area contributed by atoms with Crippen LogP contribution in [0, 0.1) is 0 Å². The number of aryl methyl sites for hydroxylation is 1. The molecule has 4 rings (SSSR count). The van der Waals surface area contributed by atoms with Crippen molar-refractivity contribution < 1.29 is 0 Å². The number of nitrogens with one attached hydrogen (secondary N) is 1. The minimum atomic E-state index is -0.0871.